The van der Waals surface area contributed by atoms with Crippen molar-refractivity contribution in [2.24, 2.45) is 11.8 Å². The molecule has 2 aromatic rings. The fourth-order valence-electron chi connectivity index (χ4n) is 5.82. The molecule has 4 rings (SSSR count). The normalized spacial score (nSPS) is 20.2. The summed E-state index contributed by atoms with van der Waals surface area (Å²) in [5.41, 5.74) is 4.01. The van der Waals surface area contributed by atoms with Gasteiger partial charge in [-0.15, -0.1) is 0 Å². The molecule has 0 unspecified atom stereocenters. The Morgan fingerprint density at radius 1 is 0.912 bits per heavy atom. The standard InChI is InChI=1S/C30H41N3O/c1-23(2)29-22-32(30(27-11-7-5-8-12-27)28-13-9-6-10-14-28)19-20-33(29)24(3)21-26-15-17-31(18-16-26)25(4)34/h5-14,23,26,29-30H,3,15-22H2,1-2,4H3/t29-/m1/s1. The van der Waals surface area contributed by atoms with Gasteiger partial charge in [0, 0.05) is 51.4 Å². The molecule has 2 saturated heterocycles. The lowest BCUT2D eigenvalue weighted by molar-refractivity contribution is -0.130. The Bertz CT molecular complexity index is 895. The quantitative estimate of drug-likeness (QED) is 0.541. The summed E-state index contributed by atoms with van der Waals surface area (Å²) >= 11 is 0. The van der Waals surface area contributed by atoms with Gasteiger partial charge in [-0.25, -0.2) is 0 Å². The van der Waals surface area contributed by atoms with E-state index in [4.69, 9.17) is 0 Å². The molecule has 2 heterocycles. The Hall–Kier alpha value is -2.59. The van der Waals surface area contributed by atoms with Crippen LogP contribution in [-0.4, -0.2) is 59.4 Å². The van der Waals surface area contributed by atoms with Crippen LogP contribution in [0.5, 0.6) is 0 Å². The molecule has 0 bridgehead atoms. The summed E-state index contributed by atoms with van der Waals surface area (Å²) < 4.78 is 0. The van der Waals surface area contributed by atoms with Crippen LogP contribution in [0.25, 0.3) is 0 Å². The maximum absolute atomic E-state index is 11.7. The summed E-state index contributed by atoms with van der Waals surface area (Å²) in [6, 6.07) is 22.6. The zero-order chi connectivity index (χ0) is 24.1. The molecule has 0 aromatic heterocycles. The molecular formula is C30H41N3O. The van der Waals surface area contributed by atoms with E-state index in [1.54, 1.807) is 6.92 Å². The van der Waals surface area contributed by atoms with Gasteiger partial charge in [0.2, 0.25) is 5.91 Å². The number of piperazine rings is 1. The van der Waals surface area contributed by atoms with E-state index in [1.165, 1.54) is 16.8 Å². The summed E-state index contributed by atoms with van der Waals surface area (Å²) in [5.74, 6) is 1.39. The van der Waals surface area contributed by atoms with E-state index < -0.39 is 0 Å². The van der Waals surface area contributed by atoms with Gasteiger partial charge in [0.15, 0.2) is 0 Å². The molecule has 1 amide bonds. The second kappa shape index (κ2) is 11.2. The fraction of sp³-hybridized carbons (Fsp3) is 0.500. The third-order valence-corrected chi connectivity index (χ3v) is 7.81. The van der Waals surface area contributed by atoms with Gasteiger partial charge in [0.1, 0.15) is 0 Å². The molecule has 0 radical (unpaired) electrons. The van der Waals surface area contributed by atoms with Crippen LogP contribution in [0.4, 0.5) is 0 Å². The number of allylic oxidation sites excluding steroid dienone is 1. The first-order chi connectivity index (χ1) is 16.4. The molecule has 182 valence electrons. The average molecular weight is 460 g/mol. The number of amides is 1. The van der Waals surface area contributed by atoms with E-state index in [0.29, 0.717) is 17.9 Å². The largest absolute Gasteiger partial charge is 0.369 e. The predicted octanol–water partition coefficient (Wildman–Crippen LogP) is 5.58. The number of carbonyl (C=O) groups excluding carboxylic acids is 1. The van der Waals surface area contributed by atoms with Gasteiger partial charge in [0.25, 0.3) is 0 Å². The summed E-state index contributed by atoms with van der Waals surface area (Å²) in [5, 5.41) is 0. The summed E-state index contributed by atoms with van der Waals surface area (Å²) in [7, 11) is 0. The van der Waals surface area contributed by atoms with E-state index in [1.807, 2.05) is 4.90 Å². The van der Waals surface area contributed by atoms with E-state index in [0.717, 1.165) is 52.0 Å². The van der Waals surface area contributed by atoms with Crippen LogP contribution in [0.3, 0.4) is 0 Å². The van der Waals surface area contributed by atoms with Crippen molar-refractivity contribution in [2.75, 3.05) is 32.7 Å². The maximum atomic E-state index is 11.7. The average Bonchev–Trinajstić information content (AvgIpc) is 2.86. The Labute approximate surface area is 206 Å². The number of hydrogen-bond acceptors (Lipinski definition) is 3. The third-order valence-electron chi connectivity index (χ3n) is 7.81. The van der Waals surface area contributed by atoms with E-state index in [-0.39, 0.29) is 11.9 Å². The third kappa shape index (κ3) is 5.72. The number of nitrogens with zero attached hydrogens (tertiary/aromatic N) is 3. The van der Waals surface area contributed by atoms with Crippen molar-refractivity contribution >= 4 is 5.91 Å². The summed E-state index contributed by atoms with van der Waals surface area (Å²) in [4.78, 5) is 18.9. The highest BCUT2D eigenvalue weighted by molar-refractivity contribution is 5.73. The van der Waals surface area contributed by atoms with E-state index >= 15 is 0 Å². The lowest BCUT2D eigenvalue weighted by Crippen LogP contribution is -2.55. The summed E-state index contributed by atoms with van der Waals surface area (Å²) in [6.45, 7) is 15.8. The minimum atomic E-state index is 0.208. The highest BCUT2D eigenvalue weighted by Crippen LogP contribution is 2.34. The second-order valence-electron chi connectivity index (χ2n) is 10.4. The van der Waals surface area contributed by atoms with E-state index in [2.05, 4.69) is 90.9 Å². The molecule has 2 aromatic carbocycles. The molecule has 4 nitrogen and oxygen atoms in total. The van der Waals surface area contributed by atoms with Gasteiger partial charge < -0.3 is 9.80 Å². The van der Waals surface area contributed by atoms with Gasteiger partial charge >= 0.3 is 0 Å². The van der Waals surface area contributed by atoms with Gasteiger partial charge in [-0.3, -0.25) is 9.69 Å². The SMILES string of the molecule is C=C(CC1CCN(C(C)=O)CC1)N1CCN(C(c2ccccc2)c2ccccc2)C[C@@H]1C(C)C. The fourth-order valence-corrected chi connectivity index (χ4v) is 5.82. The first-order valence-corrected chi connectivity index (χ1v) is 13.0. The van der Waals surface area contributed by atoms with Gasteiger partial charge in [-0.05, 0) is 42.2 Å². The van der Waals surface area contributed by atoms with Crippen molar-refractivity contribution in [1.82, 2.24) is 14.7 Å². The topological polar surface area (TPSA) is 26.8 Å². The molecule has 34 heavy (non-hydrogen) atoms. The summed E-state index contributed by atoms with van der Waals surface area (Å²) in [6.07, 6.45) is 3.24. The molecule has 2 aliphatic rings. The number of hydrogen-bond donors (Lipinski definition) is 0. The zero-order valence-corrected chi connectivity index (χ0v) is 21.2. The highest BCUT2D eigenvalue weighted by Gasteiger charge is 2.35. The molecule has 0 saturated carbocycles. The van der Waals surface area contributed by atoms with Crippen LogP contribution in [0.1, 0.15) is 57.2 Å². The minimum Gasteiger partial charge on any atom is -0.369 e. The van der Waals surface area contributed by atoms with Crippen LogP contribution in [0.15, 0.2) is 72.9 Å². The Morgan fingerprint density at radius 3 is 1.97 bits per heavy atom. The van der Waals surface area contributed by atoms with Crippen LogP contribution in [0, 0.1) is 11.8 Å². The number of rotatable bonds is 7. The highest BCUT2D eigenvalue weighted by atomic mass is 16.2. The van der Waals surface area contributed by atoms with E-state index in [9.17, 15) is 4.79 Å². The minimum absolute atomic E-state index is 0.208. The molecule has 1 atom stereocenters. The molecule has 0 spiro atoms. The molecule has 4 heteroatoms. The molecular weight excluding hydrogens is 418 g/mol. The maximum Gasteiger partial charge on any atom is 0.219 e. The van der Waals surface area contributed by atoms with Gasteiger partial charge in [-0.2, -0.15) is 0 Å². The number of benzene rings is 2. The van der Waals surface area contributed by atoms with Gasteiger partial charge in [-0.1, -0.05) is 81.1 Å². The second-order valence-corrected chi connectivity index (χ2v) is 10.4. The van der Waals surface area contributed by atoms with Crippen molar-refractivity contribution in [1.29, 1.82) is 0 Å². The van der Waals surface area contributed by atoms with Crippen molar-refractivity contribution in [3.05, 3.63) is 84.1 Å². The lowest BCUT2D eigenvalue weighted by Gasteiger charge is -2.48. The predicted molar refractivity (Wildman–Crippen MR) is 140 cm³/mol. The van der Waals surface area contributed by atoms with Gasteiger partial charge in [0.05, 0.1) is 6.04 Å². The zero-order valence-electron chi connectivity index (χ0n) is 21.2. The monoisotopic (exact) mass is 459 g/mol. The van der Waals surface area contributed by atoms with Crippen LogP contribution >= 0.6 is 0 Å². The number of likely N-dealkylation sites (tertiary alicyclic amines) is 1. The smallest absolute Gasteiger partial charge is 0.219 e. The van der Waals surface area contributed by atoms with Crippen molar-refractivity contribution < 1.29 is 4.79 Å². The molecule has 0 aliphatic carbocycles. The van der Waals surface area contributed by atoms with Crippen LogP contribution < -0.4 is 0 Å². The van der Waals surface area contributed by atoms with Crippen LogP contribution in [0.2, 0.25) is 0 Å². The van der Waals surface area contributed by atoms with Crippen molar-refractivity contribution in [2.45, 2.75) is 52.1 Å². The van der Waals surface area contributed by atoms with Crippen molar-refractivity contribution in [3.8, 4) is 0 Å². The molecule has 2 fully saturated rings. The first-order valence-electron chi connectivity index (χ1n) is 13.0. The Kier molecular flexibility index (Phi) is 8.10. The Balaban J connectivity index is 1.47. The first kappa shape index (κ1) is 24.5. The Morgan fingerprint density at radius 2 is 1.47 bits per heavy atom. The van der Waals surface area contributed by atoms with Crippen molar-refractivity contribution in [3.63, 3.8) is 0 Å². The van der Waals surface area contributed by atoms with Crippen LogP contribution in [-0.2, 0) is 4.79 Å². The lowest BCUT2D eigenvalue weighted by atomic mass is 9.89. The number of carbonyl (C=O) groups is 1. The molecule has 2 aliphatic heterocycles. The molecule has 0 N–H and O–H groups in total. The number of piperidine rings is 1.